The molecule has 1 aliphatic rings. The first-order valence-corrected chi connectivity index (χ1v) is 4.32. The Balaban J connectivity index is 2.35. The minimum Gasteiger partial charge on any atom is -0.373 e. The van der Waals surface area contributed by atoms with Crippen LogP contribution >= 0.6 is 15.9 Å². The van der Waals surface area contributed by atoms with Crippen LogP contribution in [0.15, 0.2) is 4.73 Å². The molecule has 0 aliphatic carbocycles. The van der Waals surface area contributed by atoms with E-state index in [1.807, 2.05) is 4.57 Å². The molecule has 0 bridgehead atoms. The minimum absolute atomic E-state index is 0.582. The lowest BCUT2D eigenvalue weighted by Gasteiger charge is -1.99. The van der Waals surface area contributed by atoms with Gasteiger partial charge in [-0.2, -0.15) is 0 Å². The molecule has 1 aromatic heterocycles. The monoisotopic (exact) mass is 217 g/mol. The molecule has 0 amide bonds. The molecule has 0 aromatic carbocycles. The SMILES string of the molecule is Brc1nnc2n1CCCOC2. The largest absolute Gasteiger partial charge is 0.373 e. The summed E-state index contributed by atoms with van der Waals surface area (Å²) in [5.74, 6) is 0.911. The molecule has 1 aliphatic heterocycles. The van der Waals surface area contributed by atoms with Crippen LogP contribution in [0.3, 0.4) is 0 Å². The number of halogens is 1. The summed E-state index contributed by atoms with van der Waals surface area (Å²) in [6.45, 7) is 2.34. The van der Waals surface area contributed by atoms with Crippen LogP contribution in [0.1, 0.15) is 12.2 Å². The van der Waals surface area contributed by atoms with Gasteiger partial charge in [0.15, 0.2) is 10.6 Å². The molecular weight excluding hydrogens is 210 g/mol. The Bertz CT molecular complexity index is 260. The third kappa shape index (κ3) is 1.30. The van der Waals surface area contributed by atoms with Gasteiger partial charge in [-0.1, -0.05) is 0 Å². The summed E-state index contributed by atoms with van der Waals surface area (Å²) < 4.78 is 8.13. The number of ether oxygens (including phenoxy) is 1. The summed E-state index contributed by atoms with van der Waals surface area (Å²) in [4.78, 5) is 0. The Kier molecular flexibility index (Phi) is 1.91. The predicted octanol–water partition coefficient (Wildman–Crippen LogP) is 0.961. The van der Waals surface area contributed by atoms with Crippen molar-refractivity contribution in [1.82, 2.24) is 14.8 Å². The third-order valence-corrected chi connectivity index (χ3v) is 2.27. The lowest BCUT2D eigenvalue weighted by Crippen LogP contribution is -2.00. The topological polar surface area (TPSA) is 39.9 Å². The second-order valence-electron chi connectivity index (χ2n) is 2.44. The molecule has 2 heterocycles. The van der Waals surface area contributed by atoms with Gasteiger partial charge in [0, 0.05) is 13.2 Å². The Morgan fingerprint density at radius 3 is 3.27 bits per heavy atom. The van der Waals surface area contributed by atoms with Gasteiger partial charge in [0.25, 0.3) is 0 Å². The molecule has 1 aromatic rings. The molecule has 0 N–H and O–H groups in total. The molecule has 0 saturated heterocycles. The molecular formula is C6H8BrN3O. The van der Waals surface area contributed by atoms with E-state index in [1.165, 1.54) is 0 Å². The van der Waals surface area contributed by atoms with Crippen molar-refractivity contribution in [2.24, 2.45) is 0 Å². The van der Waals surface area contributed by atoms with Crippen molar-refractivity contribution in [1.29, 1.82) is 0 Å². The zero-order chi connectivity index (χ0) is 7.68. The van der Waals surface area contributed by atoms with Crippen LogP contribution in [0.25, 0.3) is 0 Å². The molecule has 11 heavy (non-hydrogen) atoms. The third-order valence-electron chi connectivity index (χ3n) is 1.68. The molecule has 2 rings (SSSR count). The van der Waals surface area contributed by atoms with Crippen LogP contribution in [0, 0.1) is 0 Å². The Labute approximate surface area is 72.7 Å². The van der Waals surface area contributed by atoms with E-state index in [9.17, 15) is 0 Å². The van der Waals surface area contributed by atoms with Gasteiger partial charge in [0.05, 0.1) is 0 Å². The lowest BCUT2D eigenvalue weighted by molar-refractivity contribution is 0.122. The first-order valence-electron chi connectivity index (χ1n) is 3.53. The van der Waals surface area contributed by atoms with Crippen LogP contribution in [0.5, 0.6) is 0 Å². The molecule has 0 unspecified atom stereocenters. The van der Waals surface area contributed by atoms with Crippen LogP contribution in [0.2, 0.25) is 0 Å². The maximum atomic E-state index is 5.29. The van der Waals surface area contributed by atoms with Gasteiger partial charge in [-0.3, -0.25) is 0 Å². The van der Waals surface area contributed by atoms with Crippen molar-refractivity contribution in [3.63, 3.8) is 0 Å². The first-order chi connectivity index (χ1) is 5.38. The number of nitrogens with zero attached hydrogens (tertiary/aromatic N) is 3. The van der Waals surface area contributed by atoms with Crippen molar-refractivity contribution in [3.05, 3.63) is 10.6 Å². The smallest absolute Gasteiger partial charge is 0.200 e. The molecule has 0 saturated carbocycles. The van der Waals surface area contributed by atoms with Gasteiger partial charge in [-0.05, 0) is 22.4 Å². The number of hydrogen-bond donors (Lipinski definition) is 0. The Morgan fingerprint density at radius 2 is 2.36 bits per heavy atom. The van der Waals surface area contributed by atoms with Gasteiger partial charge >= 0.3 is 0 Å². The fraction of sp³-hybridized carbons (Fsp3) is 0.667. The van der Waals surface area contributed by atoms with E-state index in [0.29, 0.717) is 6.61 Å². The van der Waals surface area contributed by atoms with Gasteiger partial charge in [0.2, 0.25) is 0 Å². The second-order valence-corrected chi connectivity index (χ2v) is 3.15. The quantitative estimate of drug-likeness (QED) is 0.651. The molecule has 0 radical (unpaired) electrons. The van der Waals surface area contributed by atoms with E-state index in [2.05, 4.69) is 26.1 Å². The Hall–Kier alpha value is -0.420. The molecule has 0 fully saturated rings. The normalized spacial score (nSPS) is 17.5. The van der Waals surface area contributed by atoms with Crippen molar-refractivity contribution < 1.29 is 4.74 Å². The maximum absolute atomic E-state index is 5.29. The summed E-state index contributed by atoms with van der Waals surface area (Å²) in [5, 5.41) is 7.85. The van der Waals surface area contributed by atoms with Gasteiger partial charge in [-0.25, -0.2) is 0 Å². The van der Waals surface area contributed by atoms with Crippen LogP contribution in [0.4, 0.5) is 0 Å². The Morgan fingerprint density at radius 1 is 1.45 bits per heavy atom. The standard InChI is InChI=1S/C6H8BrN3O/c7-6-9-8-5-4-11-3-1-2-10(5)6/h1-4H2. The number of aromatic nitrogens is 3. The van der Waals surface area contributed by atoms with Gasteiger partial charge in [-0.15, -0.1) is 10.2 Å². The van der Waals surface area contributed by atoms with Gasteiger partial charge < -0.3 is 9.30 Å². The highest BCUT2D eigenvalue weighted by molar-refractivity contribution is 9.10. The zero-order valence-electron chi connectivity index (χ0n) is 5.96. The van der Waals surface area contributed by atoms with Crippen LogP contribution < -0.4 is 0 Å². The van der Waals surface area contributed by atoms with Gasteiger partial charge in [0.1, 0.15) is 6.61 Å². The molecule has 0 spiro atoms. The first kappa shape index (κ1) is 7.24. The number of rotatable bonds is 0. The van der Waals surface area contributed by atoms with Crippen molar-refractivity contribution in [2.45, 2.75) is 19.6 Å². The van der Waals surface area contributed by atoms with Crippen molar-refractivity contribution >= 4 is 15.9 Å². The summed E-state index contributed by atoms with van der Waals surface area (Å²) in [6, 6.07) is 0. The molecule has 5 heteroatoms. The maximum Gasteiger partial charge on any atom is 0.200 e. The zero-order valence-corrected chi connectivity index (χ0v) is 7.54. The molecule has 60 valence electrons. The fourth-order valence-corrected chi connectivity index (χ4v) is 1.59. The van der Waals surface area contributed by atoms with Crippen molar-refractivity contribution in [2.75, 3.05) is 6.61 Å². The fourth-order valence-electron chi connectivity index (χ4n) is 1.13. The van der Waals surface area contributed by atoms with Crippen LogP contribution in [-0.4, -0.2) is 21.4 Å². The highest BCUT2D eigenvalue weighted by Crippen LogP contribution is 2.13. The summed E-state index contributed by atoms with van der Waals surface area (Å²) >= 11 is 3.32. The van der Waals surface area contributed by atoms with Crippen LogP contribution in [-0.2, 0) is 17.9 Å². The van der Waals surface area contributed by atoms with Crippen molar-refractivity contribution in [3.8, 4) is 0 Å². The number of hydrogen-bond acceptors (Lipinski definition) is 3. The van der Waals surface area contributed by atoms with E-state index in [1.54, 1.807) is 0 Å². The predicted molar refractivity (Wildman–Crippen MR) is 42.0 cm³/mol. The summed E-state index contributed by atoms with van der Waals surface area (Å²) in [6.07, 6.45) is 1.03. The summed E-state index contributed by atoms with van der Waals surface area (Å²) in [5.41, 5.74) is 0. The second kappa shape index (κ2) is 2.91. The summed E-state index contributed by atoms with van der Waals surface area (Å²) in [7, 11) is 0. The number of fused-ring (bicyclic) bond motifs is 1. The van der Waals surface area contributed by atoms with E-state index < -0.39 is 0 Å². The molecule has 0 atom stereocenters. The highest BCUT2D eigenvalue weighted by Gasteiger charge is 2.12. The highest BCUT2D eigenvalue weighted by atomic mass is 79.9. The lowest BCUT2D eigenvalue weighted by atomic mass is 10.4. The van der Waals surface area contributed by atoms with E-state index in [-0.39, 0.29) is 0 Å². The van der Waals surface area contributed by atoms with E-state index in [4.69, 9.17) is 4.74 Å². The van der Waals surface area contributed by atoms with E-state index in [0.717, 1.165) is 30.1 Å². The van der Waals surface area contributed by atoms with E-state index >= 15 is 0 Å². The average Bonchev–Trinajstić information content (AvgIpc) is 2.25. The molecule has 4 nitrogen and oxygen atoms in total. The average molecular weight is 218 g/mol. The minimum atomic E-state index is 0.582.